The van der Waals surface area contributed by atoms with Crippen LogP contribution >= 0.6 is 0 Å². The molecule has 2 aromatic rings. The minimum atomic E-state index is 0.0506. The fraction of sp³-hybridized carbons (Fsp3) is 0.526. The van der Waals surface area contributed by atoms with Crippen molar-refractivity contribution in [2.24, 2.45) is 0 Å². The van der Waals surface area contributed by atoms with E-state index in [4.69, 9.17) is 5.10 Å². The van der Waals surface area contributed by atoms with Crippen molar-refractivity contribution in [1.82, 2.24) is 20.0 Å². The summed E-state index contributed by atoms with van der Waals surface area (Å²) in [7, 11) is 0. The average Bonchev–Trinajstić information content (AvgIpc) is 2.92. The highest BCUT2D eigenvalue weighted by Crippen LogP contribution is 2.26. The summed E-state index contributed by atoms with van der Waals surface area (Å²) < 4.78 is 2.03. The number of piperazine rings is 1. The van der Waals surface area contributed by atoms with Crippen LogP contribution in [0.25, 0.3) is 5.69 Å². The molecule has 1 aromatic carbocycles. The molecular formula is C19H28N4. The van der Waals surface area contributed by atoms with Gasteiger partial charge in [-0.2, -0.15) is 5.10 Å². The van der Waals surface area contributed by atoms with Gasteiger partial charge in [-0.1, -0.05) is 39.0 Å². The molecule has 1 aliphatic heterocycles. The number of hydrogen-bond acceptors (Lipinski definition) is 3. The molecule has 0 aliphatic carbocycles. The normalized spacial score (nSPS) is 19.9. The first-order chi connectivity index (χ1) is 10.9. The van der Waals surface area contributed by atoms with Crippen molar-refractivity contribution in [2.75, 3.05) is 19.6 Å². The van der Waals surface area contributed by atoms with Crippen LogP contribution < -0.4 is 5.32 Å². The van der Waals surface area contributed by atoms with E-state index in [1.54, 1.807) is 0 Å². The van der Waals surface area contributed by atoms with Crippen LogP contribution in [0.1, 0.15) is 39.0 Å². The predicted molar refractivity (Wildman–Crippen MR) is 95.0 cm³/mol. The van der Waals surface area contributed by atoms with Crippen LogP contribution in [0.2, 0.25) is 0 Å². The molecule has 1 saturated heterocycles. The third-order valence-corrected chi connectivity index (χ3v) is 4.37. The Bertz CT molecular complexity index is 639. The molecule has 1 fully saturated rings. The first-order valence-electron chi connectivity index (χ1n) is 8.53. The summed E-state index contributed by atoms with van der Waals surface area (Å²) in [6.45, 7) is 13.2. The van der Waals surface area contributed by atoms with Crippen molar-refractivity contribution in [3.63, 3.8) is 0 Å². The Morgan fingerprint density at radius 1 is 1.22 bits per heavy atom. The smallest absolute Gasteiger partial charge is 0.0727 e. The lowest BCUT2D eigenvalue weighted by molar-refractivity contribution is 0.198. The monoisotopic (exact) mass is 312 g/mol. The van der Waals surface area contributed by atoms with E-state index in [0.717, 1.165) is 31.9 Å². The molecule has 3 rings (SSSR count). The van der Waals surface area contributed by atoms with E-state index < -0.39 is 0 Å². The maximum absolute atomic E-state index is 4.91. The minimum absolute atomic E-state index is 0.0506. The summed E-state index contributed by atoms with van der Waals surface area (Å²) in [4.78, 5) is 2.53. The van der Waals surface area contributed by atoms with Crippen LogP contribution in [0.4, 0.5) is 0 Å². The minimum Gasteiger partial charge on any atom is -0.312 e. The van der Waals surface area contributed by atoms with E-state index in [9.17, 15) is 0 Å². The van der Waals surface area contributed by atoms with Gasteiger partial charge in [0.25, 0.3) is 0 Å². The lowest BCUT2D eigenvalue weighted by Crippen LogP contribution is -2.48. The molecule has 4 nitrogen and oxygen atoms in total. The summed E-state index contributed by atoms with van der Waals surface area (Å²) in [5.74, 6) is 0. The van der Waals surface area contributed by atoms with Crippen LogP contribution in [-0.2, 0) is 12.0 Å². The Morgan fingerprint density at radius 3 is 2.61 bits per heavy atom. The Labute approximate surface area is 139 Å². The van der Waals surface area contributed by atoms with E-state index in [1.807, 2.05) is 10.7 Å². The molecule has 1 atom stereocenters. The van der Waals surface area contributed by atoms with Crippen molar-refractivity contribution in [3.05, 3.63) is 47.8 Å². The summed E-state index contributed by atoms with van der Waals surface area (Å²) in [5, 5.41) is 8.42. The molecule has 0 saturated carbocycles. The summed E-state index contributed by atoms with van der Waals surface area (Å²) >= 11 is 0. The molecule has 0 unspecified atom stereocenters. The molecule has 0 bridgehead atoms. The van der Waals surface area contributed by atoms with Crippen LogP contribution in [0, 0.1) is 0 Å². The van der Waals surface area contributed by atoms with Gasteiger partial charge in [-0.05, 0) is 19.1 Å². The quantitative estimate of drug-likeness (QED) is 0.946. The second kappa shape index (κ2) is 6.46. The van der Waals surface area contributed by atoms with Gasteiger partial charge >= 0.3 is 0 Å². The van der Waals surface area contributed by atoms with Crippen LogP contribution in [0.3, 0.4) is 0 Å². The van der Waals surface area contributed by atoms with E-state index in [0.29, 0.717) is 6.04 Å². The first kappa shape index (κ1) is 16.2. The van der Waals surface area contributed by atoms with Crippen LogP contribution in [0.15, 0.2) is 36.5 Å². The lowest BCUT2D eigenvalue weighted by Gasteiger charge is -2.32. The fourth-order valence-corrected chi connectivity index (χ4v) is 3.27. The number of hydrogen-bond donors (Lipinski definition) is 1. The molecule has 23 heavy (non-hydrogen) atoms. The number of nitrogens with one attached hydrogen (secondary N) is 1. The average molecular weight is 312 g/mol. The van der Waals surface area contributed by atoms with Crippen LogP contribution in [-0.4, -0.2) is 40.4 Å². The highest BCUT2D eigenvalue weighted by molar-refractivity contribution is 5.34. The topological polar surface area (TPSA) is 33.1 Å². The highest BCUT2D eigenvalue weighted by Gasteiger charge is 2.25. The van der Waals surface area contributed by atoms with Crippen LogP contribution in [0.5, 0.6) is 0 Å². The zero-order valence-corrected chi connectivity index (χ0v) is 14.7. The van der Waals surface area contributed by atoms with Gasteiger partial charge in [-0.3, -0.25) is 4.90 Å². The van der Waals surface area contributed by atoms with Crippen molar-refractivity contribution in [1.29, 1.82) is 0 Å². The zero-order valence-electron chi connectivity index (χ0n) is 14.7. The second-order valence-corrected chi connectivity index (χ2v) is 7.62. The van der Waals surface area contributed by atoms with Gasteiger partial charge in [0.2, 0.25) is 0 Å². The van der Waals surface area contributed by atoms with Crippen molar-refractivity contribution < 1.29 is 0 Å². The molecular weight excluding hydrogens is 284 g/mol. The molecule has 124 valence electrons. The standard InChI is InChI=1S/C19H28N4/c1-15-12-22(11-10-20-15)13-16-14-23(17-8-6-5-7-9-17)21-18(16)19(2,3)4/h5-9,14-15,20H,10-13H2,1-4H3/t15-/m0/s1. The maximum atomic E-state index is 4.91. The third kappa shape index (κ3) is 3.82. The van der Waals surface area contributed by atoms with Gasteiger partial charge in [-0.15, -0.1) is 0 Å². The molecule has 1 aromatic heterocycles. The zero-order chi connectivity index (χ0) is 16.4. The molecule has 1 N–H and O–H groups in total. The highest BCUT2D eigenvalue weighted by atomic mass is 15.3. The van der Waals surface area contributed by atoms with Gasteiger partial charge in [0, 0.05) is 49.4 Å². The van der Waals surface area contributed by atoms with Gasteiger partial charge in [0.05, 0.1) is 11.4 Å². The van der Waals surface area contributed by atoms with E-state index in [2.05, 4.69) is 68.4 Å². The van der Waals surface area contributed by atoms with Gasteiger partial charge in [-0.25, -0.2) is 4.68 Å². The van der Waals surface area contributed by atoms with E-state index in [1.165, 1.54) is 11.3 Å². The van der Waals surface area contributed by atoms with Crippen molar-refractivity contribution in [2.45, 2.75) is 45.7 Å². The van der Waals surface area contributed by atoms with Gasteiger partial charge in [0.1, 0.15) is 0 Å². The third-order valence-electron chi connectivity index (χ3n) is 4.37. The Kier molecular flexibility index (Phi) is 4.55. The van der Waals surface area contributed by atoms with Gasteiger partial charge < -0.3 is 5.32 Å². The van der Waals surface area contributed by atoms with E-state index in [-0.39, 0.29) is 5.41 Å². The SMILES string of the molecule is C[C@H]1CN(Cc2cn(-c3ccccc3)nc2C(C)(C)C)CCN1. The Morgan fingerprint density at radius 2 is 1.96 bits per heavy atom. The molecule has 0 radical (unpaired) electrons. The fourth-order valence-electron chi connectivity index (χ4n) is 3.27. The summed E-state index contributed by atoms with van der Waals surface area (Å²) in [5.41, 5.74) is 3.72. The molecule has 1 aliphatic rings. The number of nitrogens with zero attached hydrogens (tertiary/aromatic N) is 3. The number of aromatic nitrogens is 2. The first-order valence-corrected chi connectivity index (χ1v) is 8.53. The predicted octanol–water partition coefficient (Wildman–Crippen LogP) is 2.96. The molecule has 0 amide bonds. The molecule has 0 spiro atoms. The summed E-state index contributed by atoms with van der Waals surface area (Å²) in [6, 6.07) is 10.9. The van der Waals surface area contributed by atoms with Crippen molar-refractivity contribution in [3.8, 4) is 5.69 Å². The largest absolute Gasteiger partial charge is 0.312 e. The Balaban J connectivity index is 1.90. The maximum Gasteiger partial charge on any atom is 0.0727 e. The number of rotatable bonds is 3. The second-order valence-electron chi connectivity index (χ2n) is 7.62. The summed E-state index contributed by atoms with van der Waals surface area (Å²) in [6.07, 6.45) is 2.21. The number of benzene rings is 1. The van der Waals surface area contributed by atoms with Gasteiger partial charge in [0.15, 0.2) is 0 Å². The lowest BCUT2D eigenvalue weighted by atomic mass is 9.89. The number of para-hydroxylation sites is 1. The Hall–Kier alpha value is -1.65. The molecule has 4 heteroatoms. The molecule has 2 heterocycles. The van der Waals surface area contributed by atoms with Crippen molar-refractivity contribution >= 4 is 0 Å². The van der Waals surface area contributed by atoms with E-state index >= 15 is 0 Å².